The molecular weight excluding hydrogens is 478 g/mol. The number of thioether (sulfide) groups is 1. The lowest BCUT2D eigenvalue weighted by Crippen LogP contribution is -2.52. The minimum absolute atomic E-state index is 0.0472. The van der Waals surface area contributed by atoms with E-state index >= 15 is 0 Å². The molecule has 0 saturated heterocycles. The summed E-state index contributed by atoms with van der Waals surface area (Å²) >= 11 is 1.30. The number of hydrogen-bond donors (Lipinski definition) is 1. The van der Waals surface area contributed by atoms with Crippen LogP contribution in [0.4, 0.5) is 8.78 Å². The van der Waals surface area contributed by atoms with Gasteiger partial charge in [0.05, 0.1) is 5.75 Å². The van der Waals surface area contributed by atoms with Gasteiger partial charge in [-0.3, -0.25) is 9.59 Å². The van der Waals surface area contributed by atoms with E-state index in [0.717, 1.165) is 17.5 Å². The van der Waals surface area contributed by atoms with Gasteiger partial charge in [0.2, 0.25) is 11.8 Å². The average Bonchev–Trinajstić information content (AvgIpc) is 2.88. The summed E-state index contributed by atoms with van der Waals surface area (Å²) in [6, 6.07) is 21.2. The highest BCUT2D eigenvalue weighted by atomic mass is 32.2. The monoisotopic (exact) mass is 510 g/mol. The third-order valence-electron chi connectivity index (χ3n) is 5.98. The van der Waals surface area contributed by atoms with Gasteiger partial charge in [0.1, 0.15) is 17.7 Å². The number of hydrogen-bond acceptors (Lipinski definition) is 3. The SMILES string of the molecule is CC[C@H](C)NC(=O)[C@H](Cc1ccccc1)N(Cc1ccc(F)cc1)C(=O)CSCc1ccccc1F. The minimum atomic E-state index is -0.756. The number of nitrogens with one attached hydrogen (secondary N) is 1. The minimum Gasteiger partial charge on any atom is -0.352 e. The van der Waals surface area contributed by atoms with Crippen molar-refractivity contribution in [3.63, 3.8) is 0 Å². The molecule has 0 aliphatic carbocycles. The topological polar surface area (TPSA) is 49.4 Å². The summed E-state index contributed by atoms with van der Waals surface area (Å²) in [6.45, 7) is 4.07. The summed E-state index contributed by atoms with van der Waals surface area (Å²) in [5.41, 5.74) is 2.17. The van der Waals surface area contributed by atoms with Gasteiger partial charge in [-0.1, -0.05) is 67.6 Å². The first kappa shape index (κ1) is 27.4. The first-order valence-corrected chi connectivity index (χ1v) is 13.2. The number of rotatable bonds is 12. The summed E-state index contributed by atoms with van der Waals surface area (Å²) in [5, 5.41) is 3.02. The number of carbonyl (C=O) groups excluding carboxylic acids is 2. The van der Waals surface area contributed by atoms with Crippen LogP contribution in [0.25, 0.3) is 0 Å². The highest BCUT2D eigenvalue weighted by molar-refractivity contribution is 7.99. The van der Waals surface area contributed by atoms with Gasteiger partial charge in [-0.2, -0.15) is 0 Å². The van der Waals surface area contributed by atoms with Gasteiger partial charge in [-0.25, -0.2) is 8.78 Å². The Kier molecular flexibility index (Phi) is 10.5. The van der Waals surface area contributed by atoms with Crippen LogP contribution in [0.15, 0.2) is 78.9 Å². The zero-order valence-corrected chi connectivity index (χ0v) is 21.4. The molecule has 3 aromatic carbocycles. The molecule has 0 unspecified atom stereocenters. The van der Waals surface area contributed by atoms with E-state index in [1.807, 2.05) is 44.2 Å². The van der Waals surface area contributed by atoms with Crippen LogP contribution in [0, 0.1) is 11.6 Å². The highest BCUT2D eigenvalue weighted by Crippen LogP contribution is 2.20. The molecule has 1 N–H and O–H groups in total. The van der Waals surface area contributed by atoms with Crippen molar-refractivity contribution in [3.05, 3.63) is 107 Å². The Labute approximate surface area is 216 Å². The van der Waals surface area contributed by atoms with E-state index in [0.29, 0.717) is 17.7 Å². The number of benzene rings is 3. The molecule has 36 heavy (non-hydrogen) atoms. The third-order valence-corrected chi connectivity index (χ3v) is 6.95. The molecule has 0 aromatic heterocycles. The Balaban J connectivity index is 1.85. The number of halogens is 2. The number of carbonyl (C=O) groups is 2. The van der Waals surface area contributed by atoms with Crippen molar-refractivity contribution in [1.29, 1.82) is 0 Å². The Morgan fingerprint density at radius 2 is 1.58 bits per heavy atom. The first-order chi connectivity index (χ1) is 17.4. The zero-order chi connectivity index (χ0) is 25.9. The van der Waals surface area contributed by atoms with E-state index in [-0.39, 0.29) is 41.8 Å². The van der Waals surface area contributed by atoms with Crippen molar-refractivity contribution in [2.24, 2.45) is 0 Å². The quantitative estimate of drug-likeness (QED) is 0.337. The van der Waals surface area contributed by atoms with E-state index in [2.05, 4.69) is 5.32 Å². The van der Waals surface area contributed by atoms with E-state index in [1.165, 1.54) is 30.0 Å². The molecule has 0 aliphatic heterocycles. The lowest BCUT2D eigenvalue weighted by molar-refractivity contribution is -0.139. The van der Waals surface area contributed by atoms with Crippen LogP contribution < -0.4 is 5.32 Å². The number of nitrogens with zero attached hydrogens (tertiary/aromatic N) is 1. The standard InChI is InChI=1S/C29H32F2N2O2S/c1-3-21(2)32-29(35)27(17-22-9-5-4-6-10-22)33(18-23-13-15-25(30)16-14-23)28(34)20-36-19-24-11-7-8-12-26(24)31/h4-16,21,27H,3,17-20H2,1-2H3,(H,32,35)/t21-,27-/m0/s1. The number of amides is 2. The fourth-order valence-electron chi connectivity index (χ4n) is 3.73. The third kappa shape index (κ3) is 8.19. The van der Waals surface area contributed by atoms with Gasteiger partial charge >= 0.3 is 0 Å². The second-order valence-electron chi connectivity index (χ2n) is 8.76. The predicted octanol–water partition coefficient (Wildman–Crippen LogP) is 5.75. The van der Waals surface area contributed by atoms with Crippen molar-refractivity contribution < 1.29 is 18.4 Å². The molecule has 3 rings (SSSR count). The molecule has 0 bridgehead atoms. The van der Waals surface area contributed by atoms with Gasteiger partial charge in [0.25, 0.3) is 0 Å². The lowest BCUT2D eigenvalue weighted by Gasteiger charge is -2.32. The molecule has 0 saturated carbocycles. The molecule has 190 valence electrons. The lowest BCUT2D eigenvalue weighted by atomic mass is 10.0. The molecule has 0 heterocycles. The maximum atomic E-state index is 14.0. The van der Waals surface area contributed by atoms with Crippen molar-refractivity contribution in [2.75, 3.05) is 5.75 Å². The Morgan fingerprint density at radius 3 is 2.25 bits per heavy atom. The second kappa shape index (κ2) is 13.8. The Hall–Kier alpha value is -3.19. The van der Waals surface area contributed by atoms with Crippen LogP contribution in [0.1, 0.15) is 37.0 Å². The van der Waals surface area contributed by atoms with Crippen molar-refractivity contribution >= 4 is 23.6 Å². The van der Waals surface area contributed by atoms with Crippen molar-refractivity contribution in [3.8, 4) is 0 Å². The van der Waals surface area contributed by atoms with Gasteiger partial charge in [0, 0.05) is 24.8 Å². The molecule has 0 radical (unpaired) electrons. The largest absolute Gasteiger partial charge is 0.352 e. The van der Waals surface area contributed by atoms with Crippen LogP contribution in [0.5, 0.6) is 0 Å². The van der Waals surface area contributed by atoms with Gasteiger partial charge in [-0.05, 0) is 48.2 Å². The Morgan fingerprint density at radius 1 is 0.917 bits per heavy atom. The molecule has 0 spiro atoms. The first-order valence-electron chi connectivity index (χ1n) is 12.1. The normalized spacial score (nSPS) is 12.6. The predicted molar refractivity (Wildman–Crippen MR) is 141 cm³/mol. The summed E-state index contributed by atoms with van der Waals surface area (Å²) in [7, 11) is 0. The Bertz CT molecular complexity index is 1130. The van der Waals surface area contributed by atoms with Crippen LogP contribution in [0.3, 0.4) is 0 Å². The molecule has 4 nitrogen and oxygen atoms in total. The molecule has 0 aliphatic rings. The fourth-order valence-corrected chi connectivity index (χ4v) is 4.62. The average molecular weight is 511 g/mol. The molecule has 3 aromatic rings. The van der Waals surface area contributed by atoms with E-state index < -0.39 is 6.04 Å². The van der Waals surface area contributed by atoms with Crippen LogP contribution in [0.2, 0.25) is 0 Å². The van der Waals surface area contributed by atoms with Crippen LogP contribution in [-0.2, 0) is 28.3 Å². The molecule has 2 atom stereocenters. The molecular formula is C29H32F2N2O2S. The summed E-state index contributed by atoms with van der Waals surface area (Å²) in [6.07, 6.45) is 1.10. The van der Waals surface area contributed by atoms with E-state index in [1.54, 1.807) is 35.2 Å². The molecule has 7 heteroatoms. The summed E-state index contributed by atoms with van der Waals surface area (Å²) in [5.74, 6) is -0.727. The molecule has 0 fully saturated rings. The maximum absolute atomic E-state index is 14.0. The van der Waals surface area contributed by atoms with E-state index in [9.17, 15) is 18.4 Å². The van der Waals surface area contributed by atoms with Crippen LogP contribution >= 0.6 is 11.8 Å². The fraction of sp³-hybridized carbons (Fsp3) is 0.310. The summed E-state index contributed by atoms with van der Waals surface area (Å²) < 4.78 is 27.6. The summed E-state index contributed by atoms with van der Waals surface area (Å²) in [4.78, 5) is 28.5. The zero-order valence-electron chi connectivity index (χ0n) is 20.6. The highest BCUT2D eigenvalue weighted by Gasteiger charge is 2.31. The van der Waals surface area contributed by atoms with Crippen LogP contribution in [-0.4, -0.2) is 34.6 Å². The second-order valence-corrected chi connectivity index (χ2v) is 9.74. The van der Waals surface area contributed by atoms with Crippen molar-refractivity contribution in [2.45, 2.75) is 51.1 Å². The van der Waals surface area contributed by atoms with Gasteiger partial charge in [0.15, 0.2) is 0 Å². The maximum Gasteiger partial charge on any atom is 0.243 e. The smallest absolute Gasteiger partial charge is 0.243 e. The van der Waals surface area contributed by atoms with E-state index in [4.69, 9.17) is 0 Å². The van der Waals surface area contributed by atoms with Gasteiger partial charge < -0.3 is 10.2 Å². The van der Waals surface area contributed by atoms with Gasteiger partial charge in [-0.15, -0.1) is 11.8 Å². The molecule has 2 amide bonds. The van der Waals surface area contributed by atoms with Crippen molar-refractivity contribution in [1.82, 2.24) is 10.2 Å².